The summed E-state index contributed by atoms with van der Waals surface area (Å²) in [5, 5.41) is 3.14. The van der Waals surface area contributed by atoms with E-state index >= 15 is 0 Å². The van der Waals surface area contributed by atoms with Crippen LogP contribution in [0.25, 0.3) is 0 Å². The number of nitrogens with zero attached hydrogens (tertiary/aromatic N) is 1. The third-order valence-electron chi connectivity index (χ3n) is 1.82. The van der Waals surface area contributed by atoms with Crippen molar-refractivity contribution in [3.8, 4) is 0 Å². The minimum Gasteiger partial charge on any atom is -0.340 e. The van der Waals surface area contributed by atoms with Crippen LogP contribution in [0.3, 0.4) is 0 Å². The van der Waals surface area contributed by atoms with Crippen molar-refractivity contribution >= 4 is 23.7 Å². The molecule has 0 bridgehead atoms. The molecule has 0 aliphatic heterocycles. The van der Waals surface area contributed by atoms with Crippen LogP contribution in [0.15, 0.2) is 17.6 Å². The predicted octanol–water partition coefficient (Wildman–Crippen LogP) is 1.28. The fraction of sp³-hybridized carbons (Fsp3) is 0.444. The molecule has 0 aromatic carbocycles. The lowest BCUT2D eigenvalue weighted by molar-refractivity contribution is -0.124. The second-order valence-corrected chi connectivity index (χ2v) is 4.77. The van der Waals surface area contributed by atoms with Crippen molar-refractivity contribution in [2.75, 3.05) is 6.54 Å². The number of halogens is 3. The minimum absolute atomic E-state index is 0.471. The first kappa shape index (κ1) is 15.3. The lowest BCUT2D eigenvalue weighted by atomic mass is 10.4. The maximum Gasteiger partial charge on any atom is 0.405 e. The number of hydrogen-bond donors (Lipinski definition) is 3. The molecule has 1 heterocycles. The molecular weight excluding hydrogens is 285 g/mol. The number of aromatic amines is 1. The van der Waals surface area contributed by atoms with Crippen LogP contribution in [0.2, 0.25) is 0 Å². The zero-order valence-corrected chi connectivity index (χ0v) is 10.6. The number of imide groups is 1. The van der Waals surface area contributed by atoms with Gasteiger partial charge in [-0.1, -0.05) is 11.8 Å². The summed E-state index contributed by atoms with van der Waals surface area (Å²) in [6, 6.07) is -1.19. The number of carbonyl (C=O) groups excluding carboxylic acids is 2. The van der Waals surface area contributed by atoms with Crippen molar-refractivity contribution in [3.05, 3.63) is 12.4 Å². The number of amides is 3. The number of aromatic nitrogens is 2. The molecule has 1 rings (SSSR count). The maximum atomic E-state index is 11.8. The summed E-state index contributed by atoms with van der Waals surface area (Å²) in [6.07, 6.45) is -1.47. The van der Waals surface area contributed by atoms with Gasteiger partial charge in [0.2, 0.25) is 5.91 Å². The van der Waals surface area contributed by atoms with E-state index in [4.69, 9.17) is 0 Å². The third kappa shape index (κ3) is 6.13. The van der Waals surface area contributed by atoms with Gasteiger partial charge in [0.25, 0.3) is 0 Å². The number of imidazole rings is 1. The fourth-order valence-electron chi connectivity index (χ4n) is 0.974. The summed E-state index contributed by atoms with van der Waals surface area (Å²) in [5.41, 5.74) is 0. The van der Waals surface area contributed by atoms with E-state index in [1.807, 2.05) is 5.32 Å². The molecule has 0 unspecified atom stereocenters. The van der Waals surface area contributed by atoms with Gasteiger partial charge in [-0.05, 0) is 6.92 Å². The quantitative estimate of drug-likeness (QED) is 0.730. The van der Waals surface area contributed by atoms with E-state index in [2.05, 4.69) is 9.97 Å². The second kappa shape index (κ2) is 6.45. The van der Waals surface area contributed by atoms with Gasteiger partial charge in [-0.25, -0.2) is 9.78 Å². The highest BCUT2D eigenvalue weighted by Crippen LogP contribution is 2.18. The van der Waals surface area contributed by atoms with Gasteiger partial charge in [0.15, 0.2) is 5.16 Å². The molecule has 3 amide bonds. The molecule has 0 aliphatic rings. The lowest BCUT2D eigenvalue weighted by Gasteiger charge is -2.11. The van der Waals surface area contributed by atoms with E-state index in [0.29, 0.717) is 5.16 Å². The number of hydrogen-bond acceptors (Lipinski definition) is 4. The zero-order valence-electron chi connectivity index (χ0n) is 9.75. The van der Waals surface area contributed by atoms with Crippen LogP contribution >= 0.6 is 11.8 Å². The van der Waals surface area contributed by atoms with E-state index in [1.54, 1.807) is 6.20 Å². The molecule has 1 aromatic rings. The molecule has 10 heteroatoms. The number of alkyl halides is 3. The number of urea groups is 1. The van der Waals surface area contributed by atoms with Crippen molar-refractivity contribution in [3.63, 3.8) is 0 Å². The Morgan fingerprint density at radius 2 is 2.21 bits per heavy atom. The van der Waals surface area contributed by atoms with Crippen LogP contribution in [0.5, 0.6) is 0 Å². The largest absolute Gasteiger partial charge is 0.405 e. The fourth-order valence-corrected chi connectivity index (χ4v) is 1.73. The van der Waals surface area contributed by atoms with Crippen LogP contribution in [0.4, 0.5) is 18.0 Å². The molecule has 3 N–H and O–H groups in total. The van der Waals surface area contributed by atoms with Crippen molar-refractivity contribution in [2.24, 2.45) is 0 Å². The van der Waals surface area contributed by atoms with E-state index in [1.165, 1.54) is 18.4 Å². The highest BCUT2D eigenvalue weighted by atomic mass is 32.2. The lowest BCUT2D eigenvalue weighted by Crippen LogP contribution is -2.45. The average molecular weight is 296 g/mol. The Hall–Kier alpha value is -1.71. The van der Waals surface area contributed by atoms with E-state index in [-0.39, 0.29) is 0 Å². The predicted molar refractivity (Wildman–Crippen MR) is 61.5 cm³/mol. The topological polar surface area (TPSA) is 86.9 Å². The highest BCUT2D eigenvalue weighted by molar-refractivity contribution is 8.00. The van der Waals surface area contributed by atoms with Gasteiger partial charge < -0.3 is 10.3 Å². The highest BCUT2D eigenvalue weighted by Gasteiger charge is 2.28. The van der Waals surface area contributed by atoms with Crippen LogP contribution in [0.1, 0.15) is 6.92 Å². The Bertz CT molecular complexity index is 435. The summed E-state index contributed by atoms with van der Waals surface area (Å²) in [7, 11) is 0. The summed E-state index contributed by atoms with van der Waals surface area (Å²) >= 11 is 1.04. The first-order valence-corrected chi connectivity index (χ1v) is 5.97. The SMILES string of the molecule is C[C@@H](Sc1ncc[nH]1)C(=O)NC(=O)NCC(F)(F)F. The molecule has 0 fully saturated rings. The number of H-pyrrole nitrogens is 1. The number of nitrogens with one attached hydrogen (secondary N) is 3. The molecule has 0 saturated carbocycles. The molecule has 19 heavy (non-hydrogen) atoms. The first-order chi connectivity index (χ1) is 8.78. The summed E-state index contributed by atoms with van der Waals surface area (Å²) in [6.45, 7) is 0.00534. The van der Waals surface area contributed by atoms with Crippen LogP contribution in [-0.4, -0.2) is 39.9 Å². The van der Waals surface area contributed by atoms with Gasteiger partial charge in [0.1, 0.15) is 6.54 Å². The molecule has 0 aliphatic carbocycles. The standard InChI is InChI=1S/C9H11F3N4O2S/c1-5(19-8-13-2-3-14-8)6(17)16-7(18)15-4-9(10,11)12/h2-3,5H,4H2,1H3,(H,13,14)(H2,15,16,17,18)/t5-/m1/s1. The van der Waals surface area contributed by atoms with Gasteiger partial charge in [0.05, 0.1) is 5.25 Å². The maximum absolute atomic E-state index is 11.8. The molecule has 0 spiro atoms. The molecule has 6 nitrogen and oxygen atoms in total. The second-order valence-electron chi connectivity index (χ2n) is 3.44. The van der Waals surface area contributed by atoms with Gasteiger partial charge in [0, 0.05) is 12.4 Å². The molecule has 0 radical (unpaired) electrons. The smallest absolute Gasteiger partial charge is 0.340 e. The van der Waals surface area contributed by atoms with Crippen molar-refractivity contribution < 1.29 is 22.8 Å². The normalized spacial score (nSPS) is 12.8. The third-order valence-corrected chi connectivity index (χ3v) is 2.83. The Labute approximate surface area is 110 Å². The summed E-state index contributed by atoms with van der Waals surface area (Å²) in [5.74, 6) is -0.707. The number of carbonyl (C=O) groups is 2. The Morgan fingerprint density at radius 3 is 2.74 bits per heavy atom. The molecule has 0 saturated heterocycles. The number of rotatable bonds is 4. The minimum atomic E-state index is -4.52. The van der Waals surface area contributed by atoms with Gasteiger partial charge >= 0.3 is 12.2 Å². The molecule has 1 aromatic heterocycles. The van der Waals surface area contributed by atoms with E-state index < -0.39 is 29.9 Å². The molecular formula is C9H11F3N4O2S. The number of thioether (sulfide) groups is 1. The van der Waals surface area contributed by atoms with Gasteiger partial charge in [-0.2, -0.15) is 13.2 Å². The molecule has 106 valence electrons. The van der Waals surface area contributed by atoms with Crippen molar-refractivity contribution in [2.45, 2.75) is 23.5 Å². The Kier molecular flexibility index (Phi) is 5.21. The summed E-state index contributed by atoms with van der Waals surface area (Å²) in [4.78, 5) is 29.1. The summed E-state index contributed by atoms with van der Waals surface area (Å²) < 4.78 is 35.5. The Morgan fingerprint density at radius 1 is 1.53 bits per heavy atom. The van der Waals surface area contributed by atoms with Crippen LogP contribution in [-0.2, 0) is 4.79 Å². The van der Waals surface area contributed by atoms with E-state index in [9.17, 15) is 22.8 Å². The Balaban J connectivity index is 2.35. The first-order valence-electron chi connectivity index (χ1n) is 5.09. The average Bonchev–Trinajstić information content (AvgIpc) is 2.78. The molecule has 1 atom stereocenters. The van der Waals surface area contributed by atoms with Crippen molar-refractivity contribution in [1.82, 2.24) is 20.6 Å². The van der Waals surface area contributed by atoms with Gasteiger partial charge in [-0.15, -0.1) is 0 Å². The van der Waals surface area contributed by atoms with Gasteiger partial charge in [-0.3, -0.25) is 10.1 Å². The monoisotopic (exact) mass is 296 g/mol. The van der Waals surface area contributed by atoms with Crippen molar-refractivity contribution in [1.29, 1.82) is 0 Å². The van der Waals surface area contributed by atoms with E-state index in [0.717, 1.165) is 11.8 Å². The van der Waals surface area contributed by atoms with Crippen LogP contribution < -0.4 is 10.6 Å². The zero-order chi connectivity index (χ0) is 14.5. The van der Waals surface area contributed by atoms with Crippen LogP contribution in [0, 0.1) is 0 Å².